The summed E-state index contributed by atoms with van der Waals surface area (Å²) in [6.45, 7) is 2.09. The van der Waals surface area contributed by atoms with Crippen LogP contribution in [0.4, 0.5) is 5.69 Å². The van der Waals surface area contributed by atoms with Gasteiger partial charge in [0.2, 0.25) is 0 Å². The van der Waals surface area contributed by atoms with Gasteiger partial charge in [0.25, 0.3) is 0 Å². The van der Waals surface area contributed by atoms with Crippen molar-refractivity contribution in [3.8, 4) is 0 Å². The molecule has 1 aromatic carbocycles. The van der Waals surface area contributed by atoms with E-state index < -0.39 is 5.97 Å². The monoisotopic (exact) mass is 251 g/mol. The van der Waals surface area contributed by atoms with Crippen molar-refractivity contribution < 1.29 is 19.1 Å². The quantitative estimate of drug-likeness (QED) is 0.712. The van der Waals surface area contributed by atoms with Gasteiger partial charge in [-0.05, 0) is 19.1 Å². The smallest absolute Gasteiger partial charge is 0.325 e. The number of hydrogen-bond acceptors (Lipinski definition) is 5. The lowest BCUT2D eigenvalue weighted by atomic mass is 10.3. The van der Waals surface area contributed by atoms with Crippen molar-refractivity contribution in [3.05, 3.63) is 30.3 Å². The van der Waals surface area contributed by atoms with Gasteiger partial charge in [0.15, 0.2) is 0 Å². The summed E-state index contributed by atoms with van der Waals surface area (Å²) in [5, 5.41) is 0. The number of esters is 2. The lowest BCUT2D eigenvalue weighted by molar-refractivity contribution is -0.141. The van der Waals surface area contributed by atoms with Crippen molar-refractivity contribution in [2.75, 3.05) is 31.7 Å². The van der Waals surface area contributed by atoms with E-state index in [1.807, 2.05) is 30.3 Å². The number of benzene rings is 1. The van der Waals surface area contributed by atoms with E-state index in [1.54, 1.807) is 11.8 Å². The maximum absolute atomic E-state index is 11.5. The molecule has 1 rings (SSSR count). The first-order valence-electron chi connectivity index (χ1n) is 5.69. The van der Waals surface area contributed by atoms with Crippen LogP contribution in [0.5, 0.6) is 0 Å². The fourth-order valence-electron chi connectivity index (χ4n) is 1.46. The molecule has 5 heteroatoms. The topological polar surface area (TPSA) is 55.8 Å². The Morgan fingerprint density at radius 1 is 1.11 bits per heavy atom. The molecule has 0 saturated carbocycles. The van der Waals surface area contributed by atoms with Crippen LogP contribution < -0.4 is 4.90 Å². The first-order chi connectivity index (χ1) is 8.67. The number of rotatable bonds is 6. The van der Waals surface area contributed by atoms with Crippen LogP contribution in [0.2, 0.25) is 0 Å². The molecule has 0 saturated heterocycles. The molecular formula is C13H17NO4. The molecular weight excluding hydrogens is 234 g/mol. The average molecular weight is 251 g/mol. The minimum absolute atomic E-state index is 0.0132. The molecule has 0 radical (unpaired) electrons. The van der Waals surface area contributed by atoms with Crippen LogP contribution in [0.1, 0.15) is 6.92 Å². The molecule has 0 fully saturated rings. The molecule has 0 aliphatic rings. The Morgan fingerprint density at radius 2 is 1.72 bits per heavy atom. The van der Waals surface area contributed by atoms with E-state index >= 15 is 0 Å². The van der Waals surface area contributed by atoms with Crippen molar-refractivity contribution in [3.63, 3.8) is 0 Å². The summed E-state index contributed by atoms with van der Waals surface area (Å²) in [6, 6.07) is 9.18. The minimum atomic E-state index is -0.400. The second kappa shape index (κ2) is 7.32. The zero-order valence-electron chi connectivity index (χ0n) is 10.6. The average Bonchev–Trinajstić information content (AvgIpc) is 2.39. The van der Waals surface area contributed by atoms with Gasteiger partial charge in [0, 0.05) is 5.69 Å². The molecule has 1 aromatic rings. The molecule has 0 bridgehead atoms. The highest BCUT2D eigenvalue weighted by atomic mass is 16.5. The third kappa shape index (κ3) is 4.45. The van der Waals surface area contributed by atoms with E-state index in [0.717, 1.165) is 5.69 Å². The summed E-state index contributed by atoms with van der Waals surface area (Å²) < 4.78 is 9.49. The normalized spacial score (nSPS) is 9.67. The number of carbonyl (C=O) groups excluding carboxylic acids is 2. The molecule has 0 aromatic heterocycles. The first-order valence-corrected chi connectivity index (χ1v) is 5.69. The van der Waals surface area contributed by atoms with Crippen LogP contribution in [-0.4, -0.2) is 38.7 Å². The van der Waals surface area contributed by atoms with Gasteiger partial charge < -0.3 is 14.4 Å². The van der Waals surface area contributed by atoms with Gasteiger partial charge in [0.1, 0.15) is 13.1 Å². The van der Waals surface area contributed by atoms with Gasteiger partial charge in [-0.1, -0.05) is 18.2 Å². The third-order valence-corrected chi connectivity index (χ3v) is 2.29. The predicted octanol–water partition coefficient (Wildman–Crippen LogP) is 1.23. The largest absolute Gasteiger partial charge is 0.468 e. The van der Waals surface area contributed by atoms with Crippen LogP contribution in [0.25, 0.3) is 0 Å². The van der Waals surface area contributed by atoms with E-state index in [0.29, 0.717) is 6.61 Å². The first kappa shape index (κ1) is 14.0. The molecule has 0 spiro atoms. The van der Waals surface area contributed by atoms with Gasteiger partial charge in [0.05, 0.1) is 13.7 Å². The summed E-state index contributed by atoms with van der Waals surface area (Å²) in [5.74, 6) is -0.770. The fourth-order valence-corrected chi connectivity index (χ4v) is 1.46. The highest BCUT2D eigenvalue weighted by Gasteiger charge is 2.15. The van der Waals surface area contributed by atoms with E-state index in [-0.39, 0.29) is 19.1 Å². The number of ether oxygens (including phenoxy) is 2. The Labute approximate surface area is 106 Å². The minimum Gasteiger partial charge on any atom is -0.468 e. The predicted molar refractivity (Wildman–Crippen MR) is 67.3 cm³/mol. The van der Waals surface area contributed by atoms with Crippen molar-refractivity contribution in [2.45, 2.75) is 6.92 Å². The second-order valence-corrected chi connectivity index (χ2v) is 3.57. The second-order valence-electron chi connectivity index (χ2n) is 3.57. The summed E-state index contributed by atoms with van der Waals surface area (Å²) in [5.41, 5.74) is 0.774. The molecule has 0 aliphatic carbocycles. The molecule has 0 aliphatic heterocycles. The molecule has 0 unspecified atom stereocenters. The van der Waals surface area contributed by atoms with E-state index in [1.165, 1.54) is 7.11 Å². The number of hydrogen-bond donors (Lipinski definition) is 0. The number of nitrogens with zero attached hydrogens (tertiary/aromatic N) is 1. The van der Waals surface area contributed by atoms with Crippen LogP contribution in [0, 0.1) is 0 Å². The molecule has 0 atom stereocenters. The van der Waals surface area contributed by atoms with Crippen LogP contribution in [0.3, 0.4) is 0 Å². The number of carbonyl (C=O) groups is 2. The van der Waals surface area contributed by atoms with Crippen molar-refractivity contribution in [1.29, 1.82) is 0 Å². The van der Waals surface area contributed by atoms with Gasteiger partial charge in [-0.25, -0.2) is 0 Å². The fraction of sp³-hybridized carbons (Fsp3) is 0.385. The van der Waals surface area contributed by atoms with Crippen LogP contribution >= 0.6 is 0 Å². The zero-order chi connectivity index (χ0) is 13.4. The summed E-state index contributed by atoms with van der Waals surface area (Å²) in [6.07, 6.45) is 0. The third-order valence-electron chi connectivity index (χ3n) is 2.29. The number of para-hydroxylation sites is 1. The van der Waals surface area contributed by atoms with Crippen molar-refractivity contribution in [1.82, 2.24) is 0 Å². The Balaban J connectivity index is 2.75. The maximum Gasteiger partial charge on any atom is 0.325 e. The molecule has 98 valence electrons. The lowest BCUT2D eigenvalue weighted by Crippen LogP contribution is -2.35. The summed E-state index contributed by atoms with van der Waals surface area (Å²) in [7, 11) is 1.32. The molecule has 18 heavy (non-hydrogen) atoms. The van der Waals surface area contributed by atoms with E-state index in [4.69, 9.17) is 4.74 Å². The number of methoxy groups -OCH3 is 1. The van der Waals surface area contributed by atoms with Gasteiger partial charge in [-0.2, -0.15) is 0 Å². The molecule has 0 amide bonds. The zero-order valence-corrected chi connectivity index (χ0v) is 10.6. The van der Waals surface area contributed by atoms with Crippen LogP contribution in [0.15, 0.2) is 30.3 Å². The number of anilines is 1. The van der Waals surface area contributed by atoms with Gasteiger partial charge in [-0.3, -0.25) is 9.59 Å². The highest BCUT2D eigenvalue weighted by Crippen LogP contribution is 2.12. The Morgan fingerprint density at radius 3 is 2.28 bits per heavy atom. The van der Waals surface area contributed by atoms with Crippen molar-refractivity contribution >= 4 is 17.6 Å². The van der Waals surface area contributed by atoms with Gasteiger partial charge in [-0.15, -0.1) is 0 Å². The SMILES string of the molecule is CCOC(=O)CN(CC(=O)OC)c1ccccc1. The summed E-state index contributed by atoms with van der Waals surface area (Å²) >= 11 is 0. The summed E-state index contributed by atoms with van der Waals surface area (Å²) in [4.78, 5) is 24.4. The molecule has 5 nitrogen and oxygen atoms in total. The standard InChI is InChI=1S/C13H17NO4/c1-3-18-13(16)10-14(9-12(15)17-2)11-7-5-4-6-8-11/h4-8H,3,9-10H2,1-2H3. The van der Waals surface area contributed by atoms with E-state index in [9.17, 15) is 9.59 Å². The Bertz CT molecular complexity index is 391. The lowest BCUT2D eigenvalue weighted by Gasteiger charge is -2.22. The Hall–Kier alpha value is -2.04. The Kier molecular flexibility index (Phi) is 5.70. The van der Waals surface area contributed by atoms with E-state index in [2.05, 4.69) is 4.74 Å². The molecule has 0 N–H and O–H groups in total. The molecule has 0 heterocycles. The van der Waals surface area contributed by atoms with Crippen molar-refractivity contribution in [2.24, 2.45) is 0 Å². The van der Waals surface area contributed by atoms with Gasteiger partial charge >= 0.3 is 11.9 Å². The van der Waals surface area contributed by atoms with Crippen LogP contribution in [-0.2, 0) is 19.1 Å². The maximum atomic E-state index is 11.5. The highest BCUT2D eigenvalue weighted by molar-refractivity contribution is 5.81.